The predicted octanol–water partition coefficient (Wildman–Crippen LogP) is 2.14. The Morgan fingerprint density at radius 3 is 2.38 bits per heavy atom. The fraction of sp³-hybridized carbons (Fsp3) is 1.00. The minimum atomic E-state index is 0.574. The highest BCUT2D eigenvalue weighted by Crippen LogP contribution is 2.33. The van der Waals surface area contributed by atoms with Crippen LogP contribution in [0.1, 0.15) is 46.0 Å². The van der Waals surface area contributed by atoms with Gasteiger partial charge in [0.1, 0.15) is 0 Å². The minimum Gasteiger partial charge on any atom is -0.333 e. The van der Waals surface area contributed by atoms with E-state index in [1.54, 1.807) is 0 Å². The largest absolute Gasteiger partial charge is 0.333 e. The highest BCUT2D eigenvalue weighted by molar-refractivity contribution is 4.80. The minimum absolute atomic E-state index is 0.574. The molecule has 1 atom stereocenters. The lowest BCUT2D eigenvalue weighted by atomic mass is 9.84. The van der Waals surface area contributed by atoms with Crippen molar-refractivity contribution >= 4 is 0 Å². The first-order valence-corrected chi connectivity index (χ1v) is 5.39. The summed E-state index contributed by atoms with van der Waals surface area (Å²) in [5.74, 6) is 0. The molecule has 1 aliphatic carbocycles. The van der Waals surface area contributed by atoms with Gasteiger partial charge in [-0.2, -0.15) is 0 Å². The van der Waals surface area contributed by atoms with Crippen molar-refractivity contribution < 1.29 is 0 Å². The van der Waals surface area contributed by atoms with Crippen LogP contribution in [-0.4, -0.2) is 20.1 Å². The summed E-state index contributed by atoms with van der Waals surface area (Å²) in [4.78, 5) is 0. The average molecular weight is 186 g/mol. The van der Waals surface area contributed by atoms with E-state index in [0.717, 1.165) is 6.04 Å². The Morgan fingerprint density at radius 2 is 1.85 bits per heavy atom. The van der Waals surface area contributed by atoms with Crippen LogP contribution < -0.4 is 11.1 Å². The third-order valence-electron chi connectivity index (χ3n) is 2.86. The summed E-state index contributed by atoms with van der Waals surface area (Å²) in [6, 6.07) is 0.771. The van der Waals surface area contributed by atoms with Gasteiger partial charge in [-0.3, -0.25) is 0 Å². The molecule has 1 fully saturated rings. The van der Waals surface area contributed by atoms with E-state index < -0.39 is 0 Å². The molecule has 3 N–H and O–H groups in total. The number of hydrogen-bond acceptors (Lipinski definition) is 2. The normalized spacial score (nSPS) is 27.0. The lowest BCUT2D eigenvalue weighted by molar-refractivity contribution is 0.285. The Morgan fingerprint density at radius 1 is 1.23 bits per heavy atom. The molecule has 0 aromatic heterocycles. The van der Waals surface area contributed by atoms with Crippen LogP contribution in [0, 0.1) is 5.41 Å². The van der Waals surface area contributed by atoms with Gasteiger partial charge in [0, 0.05) is 6.04 Å². The SMILES string of the molecule is CN.CNC1CCCCC(C)(C)C1. The smallest absolute Gasteiger partial charge is 0.00691 e. The Labute approximate surface area is 83.3 Å². The highest BCUT2D eigenvalue weighted by atomic mass is 14.9. The molecule has 2 heteroatoms. The van der Waals surface area contributed by atoms with Crippen molar-refractivity contribution in [1.29, 1.82) is 0 Å². The summed E-state index contributed by atoms with van der Waals surface area (Å²) in [5.41, 5.74) is 5.07. The number of hydrogen-bond donors (Lipinski definition) is 2. The molecule has 80 valence electrons. The van der Waals surface area contributed by atoms with Crippen LogP contribution in [0.15, 0.2) is 0 Å². The Bertz CT molecular complexity index is 121. The fourth-order valence-corrected chi connectivity index (χ4v) is 2.11. The number of nitrogens with one attached hydrogen (secondary N) is 1. The van der Waals surface area contributed by atoms with E-state index in [1.165, 1.54) is 39.2 Å². The second-order valence-electron chi connectivity index (χ2n) is 4.60. The first kappa shape index (κ1) is 12.9. The molecule has 13 heavy (non-hydrogen) atoms. The summed E-state index contributed by atoms with van der Waals surface area (Å²) in [6.07, 6.45) is 6.97. The topological polar surface area (TPSA) is 38.0 Å². The van der Waals surface area contributed by atoms with Gasteiger partial charge in [0.2, 0.25) is 0 Å². The van der Waals surface area contributed by atoms with Crippen LogP contribution in [-0.2, 0) is 0 Å². The zero-order chi connectivity index (χ0) is 10.3. The lowest BCUT2D eigenvalue weighted by Gasteiger charge is -2.26. The van der Waals surface area contributed by atoms with Crippen LogP contribution >= 0.6 is 0 Å². The summed E-state index contributed by atoms with van der Waals surface area (Å²) >= 11 is 0. The molecule has 0 saturated heterocycles. The second-order valence-corrected chi connectivity index (χ2v) is 4.60. The Hall–Kier alpha value is -0.0800. The molecular weight excluding hydrogens is 160 g/mol. The van der Waals surface area contributed by atoms with Crippen molar-refractivity contribution in [3.05, 3.63) is 0 Å². The molecule has 0 heterocycles. The van der Waals surface area contributed by atoms with E-state index in [0.29, 0.717) is 5.41 Å². The van der Waals surface area contributed by atoms with Gasteiger partial charge in [0.25, 0.3) is 0 Å². The molecule has 0 aromatic rings. The Kier molecular flexibility index (Phi) is 6.35. The Balaban J connectivity index is 0.000000671. The molecule has 0 bridgehead atoms. The van der Waals surface area contributed by atoms with Gasteiger partial charge in [-0.05, 0) is 38.8 Å². The van der Waals surface area contributed by atoms with Crippen molar-refractivity contribution in [3.63, 3.8) is 0 Å². The van der Waals surface area contributed by atoms with Crippen LogP contribution in [0.25, 0.3) is 0 Å². The molecular formula is C11H26N2. The fourth-order valence-electron chi connectivity index (χ4n) is 2.11. The van der Waals surface area contributed by atoms with Gasteiger partial charge < -0.3 is 11.1 Å². The predicted molar refractivity (Wildman–Crippen MR) is 59.8 cm³/mol. The first-order valence-electron chi connectivity index (χ1n) is 5.39. The molecule has 1 aliphatic rings. The zero-order valence-electron chi connectivity index (χ0n) is 9.69. The van der Waals surface area contributed by atoms with E-state index in [4.69, 9.17) is 0 Å². The van der Waals surface area contributed by atoms with Gasteiger partial charge >= 0.3 is 0 Å². The van der Waals surface area contributed by atoms with E-state index in [2.05, 4.69) is 31.9 Å². The standard InChI is InChI=1S/C10H21N.CH5N/c1-10(2)7-5-4-6-9(8-10)11-3;1-2/h9,11H,4-8H2,1-3H3;2H2,1H3. The molecule has 0 spiro atoms. The second kappa shape index (κ2) is 6.39. The monoisotopic (exact) mass is 186 g/mol. The summed E-state index contributed by atoms with van der Waals surface area (Å²) in [7, 11) is 3.59. The molecule has 0 aromatic carbocycles. The van der Waals surface area contributed by atoms with Crippen molar-refractivity contribution in [3.8, 4) is 0 Å². The van der Waals surface area contributed by atoms with Crippen molar-refractivity contribution in [2.45, 2.75) is 52.0 Å². The maximum absolute atomic E-state index is 4.50. The van der Waals surface area contributed by atoms with Crippen molar-refractivity contribution in [1.82, 2.24) is 5.32 Å². The molecule has 0 aliphatic heterocycles. The van der Waals surface area contributed by atoms with Crippen LogP contribution in [0.4, 0.5) is 0 Å². The first-order chi connectivity index (χ1) is 6.14. The maximum Gasteiger partial charge on any atom is 0.00691 e. The summed E-state index contributed by atoms with van der Waals surface area (Å²) < 4.78 is 0. The third-order valence-corrected chi connectivity index (χ3v) is 2.86. The van der Waals surface area contributed by atoms with Gasteiger partial charge in [-0.25, -0.2) is 0 Å². The lowest BCUT2D eigenvalue weighted by Crippen LogP contribution is -2.29. The van der Waals surface area contributed by atoms with Gasteiger partial charge in [-0.1, -0.05) is 26.7 Å². The zero-order valence-corrected chi connectivity index (χ0v) is 9.69. The molecule has 0 radical (unpaired) electrons. The van der Waals surface area contributed by atoms with Crippen LogP contribution in [0.5, 0.6) is 0 Å². The van der Waals surface area contributed by atoms with E-state index >= 15 is 0 Å². The molecule has 1 rings (SSSR count). The van der Waals surface area contributed by atoms with Crippen LogP contribution in [0.2, 0.25) is 0 Å². The third kappa shape index (κ3) is 5.27. The van der Waals surface area contributed by atoms with Gasteiger partial charge in [-0.15, -0.1) is 0 Å². The molecule has 0 amide bonds. The molecule has 1 unspecified atom stereocenters. The van der Waals surface area contributed by atoms with E-state index in [-0.39, 0.29) is 0 Å². The van der Waals surface area contributed by atoms with Crippen molar-refractivity contribution in [2.24, 2.45) is 11.1 Å². The van der Waals surface area contributed by atoms with Crippen LogP contribution in [0.3, 0.4) is 0 Å². The van der Waals surface area contributed by atoms with Gasteiger partial charge in [0.15, 0.2) is 0 Å². The summed E-state index contributed by atoms with van der Waals surface area (Å²) in [5, 5.41) is 3.40. The average Bonchev–Trinajstić information content (AvgIpc) is 2.29. The quantitative estimate of drug-likeness (QED) is 0.616. The van der Waals surface area contributed by atoms with E-state index in [9.17, 15) is 0 Å². The molecule has 2 nitrogen and oxygen atoms in total. The maximum atomic E-state index is 4.50. The van der Waals surface area contributed by atoms with E-state index in [1.807, 2.05) is 0 Å². The van der Waals surface area contributed by atoms with Crippen molar-refractivity contribution in [2.75, 3.05) is 14.1 Å². The molecule has 1 saturated carbocycles. The van der Waals surface area contributed by atoms with Gasteiger partial charge in [0.05, 0.1) is 0 Å². The number of nitrogens with two attached hydrogens (primary N) is 1. The highest BCUT2D eigenvalue weighted by Gasteiger charge is 2.24. The summed E-state index contributed by atoms with van der Waals surface area (Å²) in [6.45, 7) is 4.78. The number of rotatable bonds is 1.